The molecule has 4 aromatic rings. The molecule has 0 fully saturated rings. The quantitative estimate of drug-likeness (QED) is 0.399. The van der Waals surface area contributed by atoms with Gasteiger partial charge in [0.05, 0.1) is 6.54 Å². The number of hydrogen-bond donors (Lipinski definition) is 1. The first-order valence-corrected chi connectivity index (χ1v) is 12.9. The number of fused-ring (bicyclic) bond motifs is 1. The van der Waals surface area contributed by atoms with Crippen LogP contribution in [-0.4, -0.2) is 23.8 Å². The van der Waals surface area contributed by atoms with Crippen LogP contribution in [0.2, 0.25) is 5.02 Å². The second-order valence-electron chi connectivity index (χ2n) is 8.34. The van der Waals surface area contributed by atoms with Gasteiger partial charge in [-0.3, -0.25) is 4.79 Å². The zero-order valence-corrected chi connectivity index (χ0v) is 20.5. The van der Waals surface area contributed by atoms with Crippen molar-refractivity contribution in [3.05, 3.63) is 112 Å². The first-order chi connectivity index (χ1) is 16.9. The van der Waals surface area contributed by atoms with Crippen LogP contribution in [0.25, 0.3) is 0 Å². The SMILES string of the molecule is Cn1c(NCc2ccccc2)nc2c1C(=O)C(c1ccc(Cl)cc1)S(=O)(=O)N2Cc1ccccc1. The number of aromatic nitrogens is 2. The Morgan fingerprint density at radius 2 is 1.51 bits per heavy atom. The summed E-state index contributed by atoms with van der Waals surface area (Å²) in [6.45, 7) is 0.535. The molecule has 0 saturated carbocycles. The number of imidazole rings is 1. The lowest BCUT2D eigenvalue weighted by Crippen LogP contribution is -2.43. The second kappa shape index (κ2) is 9.20. The molecule has 7 nitrogen and oxygen atoms in total. The van der Waals surface area contributed by atoms with Gasteiger partial charge in [0, 0.05) is 18.6 Å². The highest BCUT2D eigenvalue weighted by Crippen LogP contribution is 2.42. The summed E-state index contributed by atoms with van der Waals surface area (Å²) in [5.41, 5.74) is 2.43. The summed E-state index contributed by atoms with van der Waals surface area (Å²) in [5, 5.41) is 2.31. The maximum absolute atomic E-state index is 13.9. The second-order valence-corrected chi connectivity index (χ2v) is 10.7. The molecule has 1 atom stereocenters. The molecule has 9 heteroatoms. The van der Waals surface area contributed by atoms with Gasteiger partial charge >= 0.3 is 0 Å². The van der Waals surface area contributed by atoms with E-state index in [4.69, 9.17) is 11.6 Å². The molecule has 0 bridgehead atoms. The van der Waals surface area contributed by atoms with Crippen molar-refractivity contribution in [1.82, 2.24) is 9.55 Å². The molecule has 0 amide bonds. The number of sulfonamides is 1. The number of anilines is 2. The van der Waals surface area contributed by atoms with Gasteiger partial charge in [0.15, 0.2) is 11.1 Å². The molecule has 1 N–H and O–H groups in total. The standard InChI is InChI=1S/C26H23ClN4O3S/c1-30-22-23(32)24(20-12-14-21(27)15-13-20)35(33,34)31(17-19-10-6-3-7-11-19)25(22)29-26(30)28-16-18-8-4-2-5-9-18/h2-15,24H,16-17H2,1H3,(H,28,29). The number of carbonyl (C=O) groups is 1. The highest BCUT2D eigenvalue weighted by atomic mass is 35.5. The molecule has 3 aromatic carbocycles. The number of nitrogens with zero attached hydrogens (tertiary/aromatic N) is 3. The summed E-state index contributed by atoms with van der Waals surface area (Å²) in [5.74, 6) is 0.0220. The molecule has 0 radical (unpaired) electrons. The van der Waals surface area contributed by atoms with Crippen molar-refractivity contribution in [2.24, 2.45) is 7.05 Å². The lowest BCUT2D eigenvalue weighted by molar-refractivity contribution is 0.0977. The van der Waals surface area contributed by atoms with Gasteiger partial charge < -0.3 is 9.88 Å². The molecule has 35 heavy (non-hydrogen) atoms. The van der Waals surface area contributed by atoms with Crippen LogP contribution in [0.5, 0.6) is 0 Å². The van der Waals surface area contributed by atoms with E-state index < -0.39 is 21.1 Å². The van der Waals surface area contributed by atoms with Crippen molar-refractivity contribution >= 4 is 39.2 Å². The van der Waals surface area contributed by atoms with Crippen LogP contribution in [0.15, 0.2) is 84.9 Å². The van der Waals surface area contributed by atoms with Crippen LogP contribution in [0.4, 0.5) is 11.8 Å². The minimum Gasteiger partial charge on any atom is -0.352 e. The van der Waals surface area contributed by atoms with E-state index in [1.54, 1.807) is 35.9 Å². The van der Waals surface area contributed by atoms with E-state index in [0.717, 1.165) is 11.1 Å². The zero-order chi connectivity index (χ0) is 24.6. The summed E-state index contributed by atoms with van der Waals surface area (Å²) < 4.78 is 30.6. The van der Waals surface area contributed by atoms with Gasteiger partial charge in [-0.05, 0) is 28.8 Å². The van der Waals surface area contributed by atoms with E-state index in [0.29, 0.717) is 23.1 Å². The van der Waals surface area contributed by atoms with Crippen LogP contribution >= 0.6 is 11.6 Å². The Labute approximate surface area is 209 Å². The third-order valence-corrected chi connectivity index (χ3v) is 8.28. The van der Waals surface area contributed by atoms with Gasteiger partial charge in [0.25, 0.3) is 10.0 Å². The van der Waals surface area contributed by atoms with Crippen molar-refractivity contribution in [2.75, 3.05) is 9.62 Å². The summed E-state index contributed by atoms with van der Waals surface area (Å²) >= 11 is 6.02. The Balaban J connectivity index is 1.61. The van der Waals surface area contributed by atoms with Crippen molar-refractivity contribution in [1.29, 1.82) is 0 Å². The van der Waals surface area contributed by atoms with Gasteiger partial charge in [0.1, 0.15) is 5.69 Å². The van der Waals surface area contributed by atoms with E-state index in [1.807, 2.05) is 60.7 Å². The number of Topliss-reactive ketones (excluding diaryl/α,β-unsaturated/α-hetero) is 1. The molecule has 1 aliphatic rings. The number of hydrogen-bond acceptors (Lipinski definition) is 5. The first kappa shape index (κ1) is 23.1. The maximum atomic E-state index is 13.9. The molecule has 178 valence electrons. The highest BCUT2D eigenvalue weighted by molar-refractivity contribution is 7.93. The fraction of sp³-hybridized carbons (Fsp3) is 0.154. The third kappa shape index (κ3) is 4.31. The van der Waals surface area contributed by atoms with Gasteiger partial charge in [-0.25, -0.2) is 12.7 Å². The predicted molar refractivity (Wildman–Crippen MR) is 137 cm³/mol. The minimum absolute atomic E-state index is 0.0582. The Morgan fingerprint density at radius 1 is 0.914 bits per heavy atom. The highest BCUT2D eigenvalue weighted by Gasteiger charge is 2.48. The topological polar surface area (TPSA) is 84.3 Å². The average molecular weight is 507 g/mol. The molecule has 1 aliphatic heterocycles. The molecular formula is C26H23ClN4O3S. The van der Waals surface area contributed by atoms with Crippen molar-refractivity contribution in [3.8, 4) is 0 Å². The van der Waals surface area contributed by atoms with Crippen molar-refractivity contribution in [2.45, 2.75) is 18.3 Å². The van der Waals surface area contributed by atoms with E-state index in [2.05, 4.69) is 10.3 Å². The van der Waals surface area contributed by atoms with Crippen LogP contribution in [-0.2, 0) is 30.2 Å². The normalized spacial score (nSPS) is 16.7. The number of halogens is 1. The predicted octanol–water partition coefficient (Wildman–Crippen LogP) is 4.96. The van der Waals surface area contributed by atoms with Crippen LogP contribution in [0.1, 0.15) is 32.4 Å². The summed E-state index contributed by atoms with van der Waals surface area (Å²) in [7, 11) is -2.41. The number of nitrogens with one attached hydrogen (secondary N) is 1. The van der Waals surface area contributed by atoms with Gasteiger partial charge in [-0.1, -0.05) is 84.4 Å². The molecule has 5 rings (SSSR count). The number of rotatable bonds is 6. The monoisotopic (exact) mass is 506 g/mol. The minimum atomic E-state index is -4.12. The Bertz CT molecular complexity index is 1470. The van der Waals surface area contributed by atoms with Crippen LogP contribution < -0.4 is 9.62 Å². The number of ketones is 1. The van der Waals surface area contributed by atoms with Crippen LogP contribution in [0.3, 0.4) is 0 Å². The molecule has 0 spiro atoms. The fourth-order valence-corrected chi connectivity index (χ4v) is 6.21. The molecule has 1 aromatic heterocycles. The van der Waals surface area contributed by atoms with Gasteiger partial charge in [-0.15, -0.1) is 0 Å². The Kier molecular flexibility index (Phi) is 6.08. The molecule has 1 unspecified atom stereocenters. The number of carbonyl (C=O) groups excluding carboxylic acids is 1. The summed E-state index contributed by atoms with van der Waals surface area (Å²) in [6, 6.07) is 25.4. The number of benzene rings is 3. The van der Waals surface area contributed by atoms with Gasteiger partial charge in [-0.2, -0.15) is 4.98 Å². The van der Waals surface area contributed by atoms with E-state index >= 15 is 0 Å². The van der Waals surface area contributed by atoms with Crippen molar-refractivity contribution in [3.63, 3.8) is 0 Å². The molecule has 0 saturated heterocycles. The largest absolute Gasteiger partial charge is 0.352 e. The molecular weight excluding hydrogens is 484 g/mol. The summed E-state index contributed by atoms with van der Waals surface area (Å²) in [4.78, 5) is 18.3. The Morgan fingerprint density at radius 3 is 2.14 bits per heavy atom. The average Bonchev–Trinajstić information content (AvgIpc) is 3.19. The summed E-state index contributed by atoms with van der Waals surface area (Å²) in [6.07, 6.45) is 0. The smallest absolute Gasteiger partial charge is 0.251 e. The van der Waals surface area contributed by atoms with E-state index in [9.17, 15) is 13.2 Å². The van der Waals surface area contributed by atoms with E-state index in [-0.39, 0.29) is 18.1 Å². The molecule has 0 aliphatic carbocycles. The first-order valence-electron chi connectivity index (χ1n) is 11.1. The fourth-order valence-electron chi connectivity index (χ4n) is 4.25. The third-order valence-electron chi connectivity index (χ3n) is 6.02. The Hall–Kier alpha value is -3.62. The van der Waals surface area contributed by atoms with Gasteiger partial charge in [0.2, 0.25) is 11.7 Å². The van der Waals surface area contributed by atoms with E-state index in [1.165, 1.54) is 4.31 Å². The molecule has 2 heterocycles. The van der Waals surface area contributed by atoms with Crippen molar-refractivity contribution < 1.29 is 13.2 Å². The zero-order valence-electron chi connectivity index (χ0n) is 18.9. The lowest BCUT2D eigenvalue weighted by Gasteiger charge is -2.32. The van der Waals surface area contributed by atoms with Crippen LogP contribution in [0, 0.1) is 0 Å². The maximum Gasteiger partial charge on any atom is 0.251 e. The lowest BCUT2D eigenvalue weighted by atomic mass is 10.1.